The first-order valence-electron chi connectivity index (χ1n) is 9.22. The minimum atomic E-state index is 0.110. The van der Waals surface area contributed by atoms with E-state index in [0.717, 1.165) is 54.5 Å². The molecule has 3 heterocycles. The molecule has 0 bridgehead atoms. The van der Waals surface area contributed by atoms with Gasteiger partial charge in [0.1, 0.15) is 5.01 Å². The maximum absolute atomic E-state index is 12.4. The number of nitrogens with one attached hydrogen (secondary N) is 1. The molecule has 0 atom stereocenters. The van der Waals surface area contributed by atoms with Gasteiger partial charge in [-0.05, 0) is 37.8 Å². The van der Waals surface area contributed by atoms with Crippen molar-refractivity contribution in [1.82, 2.24) is 20.4 Å². The second kappa shape index (κ2) is 7.56. The van der Waals surface area contributed by atoms with Gasteiger partial charge in [-0.25, -0.2) is 4.79 Å². The fourth-order valence-electron chi connectivity index (χ4n) is 3.74. The van der Waals surface area contributed by atoms with E-state index in [0.29, 0.717) is 12.0 Å². The van der Waals surface area contributed by atoms with Gasteiger partial charge < -0.3 is 14.6 Å². The van der Waals surface area contributed by atoms with Gasteiger partial charge in [0.2, 0.25) is 0 Å². The number of carbonyl (C=O) groups is 1. The van der Waals surface area contributed by atoms with E-state index < -0.39 is 0 Å². The van der Waals surface area contributed by atoms with Gasteiger partial charge in [-0.2, -0.15) is 0 Å². The number of amides is 2. The highest BCUT2D eigenvalue weighted by Gasteiger charge is 2.27. The third-order valence-corrected chi connectivity index (χ3v) is 6.34. The average Bonchev–Trinajstić information content (AvgIpc) is 3.34. The zero-order valence-electron chi connectivity index (χ0n) is 14.3. The molecule has 0 aromatic carbocycles. The second-order valence-corrected chi connectivity index (χ2v) is 7.98. The maximum atomic E-state index is 12.4. The van der Waals surface area contributed by atoms with Crippen LogP contribution in [0.4, 0.5) is 4.79 Å². The Kier molecular flexibility index (Phi) is 5.01. The molecule has 2 aliphatic rings. The van der Waals surface area contributed by atoms with Crippen LogP contribution in [0.15, 0.2) is 22.8 Å². The van der Waals surface area contributed by atoms with Crippen LogP contribution in [-0.2, 0) is 0 Å². The minimum Gasteiger partial charge on any atom is -0.462 e. The summed E-state index contributed by atoms with van der Waals surface area (Å²) in [4.78, 5) is 14.4. The molecular formula is C18H24N4O2S. The van der Waals surface area contributed by atoms with Crippen molar-refractivity contribution in [2.24, 2.45) is 0 Å². The molecule has 1 aliphatic carbocycles. The van der Waals surface area contributed by atoms with Crippen LogP contribution in [0.1, 0.15) is 55.9 Å². The summed E-state index contributed by atoms with van der Waals surface area (Å²) >= 11 is 1.60. The van der Waals surface area contributed by atoms with Crippen LogP contribution in [0.5, 0.6) is 0 Å². The van der Waals surface area contributed by atoms with E-state index in [9.17, 15) is 4.79 Å². The van der Waals surface area contributed by atoms with Crippen molar-refractivity contribution in [2.45, 2.75) is 56.9 Å². The molecule has 0 radical (unpaired) electrons. The summed E-state index contributed by atoms with van der Waals surface area (Å²) < 4.78 is 5.39. The van der Waals surface area contributed by atoms with Crippen molar-refractivity contribution in [3.63, 3.8) is 0 Å². The first kappa shape index (κ1) is 16.6. The third-order valence-electron chi connectivity index (χ3n) is 5.24. The van der Waals surface area contributed by atoms with Crippen LogP contribution in [0.2, 0.25) is 0 Å². The minimum absolute atomic E-state index is 0.110. The Morgan fingerprint density at radius 3 is 2.68 bits per heavy atom. The van der Waals surface area contributed by atoms with E-state index in [-0.39, 0.29) is 6.03 Å². The van der Waals surface area contributed by atoms with Crippen molar-refractivity contribution in [3.05, 3.63) is 23.4 Å². The molecule has 2 fully saturated rings. The van der Waals surface area contributed by atoms with Crippen LogP contribution in [-0.4, -0.2) is 40.3 Å². The van der Waals surface area contributed by atoms with E-state index in [2.05, 4.69) is 15.5 Å². The average molecular weight is 360 g/mol. The number of rotatable bonds is 3. The van der Waals surface area contributed by atoms with Gasteiger partial charge in [0.05, 0.1) is 6.26 Å². The number of carbonyl (C=O) groups excluding carboxylic acids is 1. The molecule has 0 spiro atoms. The Balaban J connectivity index is 1.30. The molecule has 1 N–H and O–H groups in total. The molecule has 134 valence electrons. The maximum Gasteiger partial charge on any atom is 0.317 e. The van der Waals surface area contributed by atoms with Gasteiger partial charge in [0.25, 0.3) is 0 Å². The molecular weight excluding hydrogens is 336 g/mol. The molecule has 4 rings (SSSR count). The predicted molar refractivity (Wildman–Crippen MR) is 96.6 cm³/mol. The summed E-state index contributed by atoms with van der Waals surface area (Å²) in [5.74, 6) is 1.16. The van der Waals surface area contributed by atoms with E-state index >= 15 is 0 Å². The summed E-state index contributed by atoms with van der Waals surface area (Å²) in [5, 5.41) is 13.7. The molecule has 2 aromatic heterocycles. The molecule has 1 aliphatic heterocycles. The summed E-state index contributed by atoms with van der Waals surface area (Å²) in [6.07, 6.45) is 9.59. The molecule has 25 heavy (non-hydrogen) atoms. The van der Waals surface area contributed by atoms with Crippen molar-refractivity contribution >= 4 is 17.4 Å². The van der Waals surface area contributed by atoms with Gasteiger partial charge in [-0.1, -0.05) is 30.6 Å². The van der Waals surface area contributed by atoms with Gasteiger partial charge >= 0.3 is 6.03 Å². The van der Waals surface area contributed by atoms with Gasteiger partial charge in [-0.3, -0.25) is 0 Å². The number of urea groups is 1. The lowest BCUT2D eigenvalue weighted by molar-refractivity contribution is 0.174. The fourth-order valence-corrected chi connectivity index (χ4v) is 4.72. The third kappa shape index (κ3) is 3.86. The Hall–Kier alpha value is -1.89. The quantitative estimate of drug-likeness (QED) is 0.897. The Morgan fingerprint density at radius 2 is 1.96 bits per heavy atom. The van der Waals surface area contributed by atoms with Crippen LogP contribution < -0.4 is 5.32 Å². The molecule has 2 amide bonds. The normalized spacial score (nSPS) is 19.9. The number of furan rings is 1. The zero-order valence-corrected chi connectivity index (χ0v) is 15.1. The monoisotopic (exact) mass is 360 g/mol. The highest BCUT2D eigenvalue weighted by Crippen LogP contribution is 2.33. The SMILES string of the molecule is O=C(NC1CCCCC1)N1CCC(c2nnc(-c3ccco3)s2)CC1. The molecule has 0 unspecified atom stereocenters. The first-order valence-corrected chi connectivity index (χ1v) is 10.0. The standard InChI is InChI=1S/C18H24N4O2S/c23-18(19-14-5-2-1-3-6-14)22-10-8-13(9-11-22)16-20-21-17(25-16)15-7-4-12-24-15/h4,7,12-14H,1-3,5-6,8-11H2,(H,19,23). The summed E-state index contributed by atoms with van der Waals surface area (Å²) in [6.45, 7) is 1.58. The highest BCUT2D eigenvalue weighted by atomic mass is 32.1. The number of hydrogen-bond acceptors (Lipinski definition) is 5. The smallest absolute Gasteiger partial charge is 0.317 e. The zero-order chi connectivity index (χ0) is 17.1. The molecule has 1 saturated carbocycles. The number of aromatic nitrogens is 2. The molecule has 6 nitrogen and oxygen atoms in total. The van der Waals surface area contributed by atoms with Gasteiger partial charge in [-0.15, -0.1) is 10.2 Å². The van der Waals surface area contributed by atoms with Crippen molar-refractivity contribution in [2.75, 3.05) is 13.1 Å². The number of hydrogen-bond donors (Lipinski definition) is 1. The molecule has 1 saturated heterocycles. The van der Waals surface area contributed by atoms with Gasteiger partial charge in [0.15, 0.2) is 10.8 Å². The van der Waals surface area contributed by atoms with E-state index in [1.165, 1.54) is 19.3 Å². The Bertz CT molecular complexity index is 686. The van der Waals surface area contributed by atoms with Crippen LogP contribution >= 0.6 is 11.3 Å². The Labute approximate surface area is 151 Å². The van der Waals surface area contributed by atoms with Crippen LogP contribution in [0.25, 0.3) is 10.8 Å². The Morgan fingerprint density at radius 1 is 1.16 bits per heavy atom. The summed E-state index contributed by atoms with van der Waals surface area (Å²) in [5.41, 5.74) is 0. The first-order chi connectivity index (χ1) is 12.3. The van der Waals surface area contributed by atoms with Gasteiger partial charge in [0, 0.05) is 25.0 Å². The fraction of sp³-hybridized carbons (Fsp3) is 0.611. The van der Waals surface area contributed by atoms with Crippen molar-refractivity contribution in [3.8, 4) is 10.8 Å². The number of nitrogens with zero attached hydrogens (tertiary/aromatic N) is 3. The summed E-state index contributed by atoms with van der Waals surface area (Å²) in [7, 11) is 0. The lowest BCUT2D eigenvalue weighted by Gasteiger charge is -2.33. The van der Waals surface area contributed by atoms with Crippen molar-refractivity contribution < 1.29 is 9.21 Å². The van der Waals surface area contributed by atoms with Crippen LogP contribution in [0, 0.1) is 0 Å². The largest absolute Gasteiger partial charge is 0.462 e. The summed E-state index contributed by atoms with van der Waals surface area (Å²) in [6, 6.07) is 4.25. The second-order valence-electron chi connectivity index (χ2n) is 6.97. The molecule has 2 aromatic rings. The highest BCUT2D eigenvalue weighted by molar-refractivity contribution is 7.14. The topological polar surface area (TPSA) is 71.3 Å². The van der Waals surface area contributed by atoms with E-state index in [1.807, 2.05) is 17.0 Å². The lowest BCUT2D eigenvalue weighted by atomic mass is 9.95. The van der Waals surface area contributed by atoms with E-state index in [1.54, 1.807) is 17.6 Å². The number of piperidine rings is 1. The van der Waals surface area contributed by atoms with Crippen molar-refractivity contribution in [1.29, 1.82) is 0 Å². The number of likely N-dealkylation sites (tertiary alicyclic amines) is 1. The lowest BCUT2D eigenvalue weighted by Crippen LogP contribution is -2.48. The van der Waals surface area contributed by atoms with E-state index in [4.69, 9.17) is 4.42 Å². The predicted octanol–water partition coefficient (Wildman–Crippen LogP) is 4.02. The van der Waals surface area contributed by atoms with Crippen LogP contribution in [0.3, 0.4) is 0 Å². The molecule has 7 heteroatoms.